The van der Waals surface area contributed by atoms with E-state index in [1.165, 1.54) is 6.08 Å². The van der Waals surface area contributed by atoms with Crippen LogP contribution in [0.5, 0.6) is 11.5 Å². The van der Waals surface area contributed by atoms with E-state index in [0.29, 0.717) is 35.7 Å². The fourth-order valence-electron chi connectivity index (χ4n) is 3.53. The topological polar surface area (TPSA) is 88.1 Å². The molecule has 1 aliphatic heterocycles. The number of carbonyl (C=O) groups is 3. The van der Waals surface area contributed by atoms with Gasteiger partial charge >= 0.3 is 17.9 Å². The maximum absolute atomic E-state index is 12.5. The van der Waals surface area contributed by atoms with Crippen molar-refractivity contribution < 1.29 is 33.3 Å². The number of carbonyl (C=O) groups excluding carboxylic acids is 3. The second-order valence-electron chi connectivity index (χ2n) is 8.12. The molecule has 0 aromatic heterocycles. The lowest BCUT2D eigenvalue weighted by Gasteiger charge is -2.23. The van der Waals surface area contributed by atoms with Crippen LogP contribution in [-0.2, 0) is 19.1 Å². The molecule has 2 atom stereocenters. The predicted octanol–water partition coefficient (Wildman–Crippen LogP) is 5.29. The maximum atomic E-state index is 12.5. The molecule has 0 bridgehead atoms. The number of benzene rings is 2. The molecule has 7 heteroatoms. The Bertz CT molecular complexity index is 1050. The van der Waals surface area contributed by atoms with E-state index < -0.39 is 11.9 Å². The van der Waals surface area contributed by atoms with E-state index in [2.05, 4.69) is 13.5 Å². The summed E-state index contributed by atoms with van der Waals surface area (Å²) < 4.78 is 21.8. The molecule has 3 rings (SSSR count). The lowest BCUT2D eigenvalue weighted by molar-refractivity contribution is -0.142. The van der Waals surface area contributed by atoms with Gasteiger partial charge in [-0.1, -0.05) is 32.1 Å². The summed E-state index contributed by atoms with van der Waals surface area (Å²) in [6.07, 6.45) is 5.45. The van der Waals surface area contributed by atoms with Gasteiger partial charge in [-0.2, -0.15) is 0 Å². The van der Waals surface area contributed by atoms with Gasteiger partial charge in [-0.15, -0.1) is 0 Å². The first kappa shape index (κ1) is 25.7. The Morgan fingerprint density at radius 2 is 1.77 bits per heavy atom. The van der Waals surface area contributed by atoms with Gasteiger partial charge in [0.15, 0.2) is 0 Å². The Morgan fingerprint density at radius 1 is 1.09 bits per heavy atom. The molecule has 2 aromatic rings. The highest BCUT2D eigenvalue weighted by atomic mass is 16.6. The van der Waals surface area contributed by atoms with Crippen molar-refractivity contribution >= 4 is 24.0 Å². The summed E-state index contributed by atoms with van der Waals surface area (Å²) >= 11 is 0. The standard InChI is InChI=1S/C28H30O7/c1-4-6-7-24(25-18-19(3)27(30)35-25)33-22-15-11-21(12-16-22)28(31)34-23-13-8-20(9-14-23)10-17-26(29)32-5-2/h8-17,24-25H,3-7,18H2,1-2H3/b17-10+. The van der Waals surface area contributed by atoms with Crippen LogP contribution in [0.2, 0.25) is 0 Å². The predicted molar refractivity (Wildman–Crippen MR) is 131 cm³/mol. The molecule has 0 amide bonds. The van der Waals surface area contributed by atoms with Gasteiger partial charge in [0.25, 0.3) is 0 Å². The fraction of sp³-hybridized carbons (Fsp3) is 0.321. The van der Waals surface area contributed by atoms with E-state index in [9.17, 15) is 14.4 Å². The molecule has 184 valence electrons. The Balaban J connectivity index is 1.58. The number of rotatable bonds is 11. The molecule has 1 saturated heterocycles. The van der Waals surface area contributed by atoms with Crippen molar-refractivity contribution in [2.24, 2.45) is 0 Å². The van der Waals surface area contributed by atoms with E-state index in [-0.39, 0.29) is 18.2 Å². The Hall–Kier alpha value is -3.87. The third-order valence-electron chi connectivity index (χ3n) is 5.42. The number of esters is 3. The second-order valence-corrected chi connectivity index (χ2v) is 8.12. The zero-order valence-corrected chi connectivity index (χ0v) is 20.0. The van der Waals surface area contributed by atoms with Crippen molar-refractivity contribution in [1.82, 2.24) is 0 Å². The van der Waals surface area contributed by atoms with Gasteiger partial charge in [-0.05, 0) is 67.8 Å². The highest BCUT2D eigenvalue weighted by Gasteiger charge is 2.35. The molecule has 0 spiro atoms. The molecule has 0 aliphatic carbocycles. The number of hydrogen-bond donors (Lipinski definition) is 0. The number of cyclic esters (lactones) is 1. The highest BCUT2D eigenvalue weighted by Crippen LogP contribution is 2.27. The molecule has 1 fully saturated rings. The Morgan fingerprint density at radius 3 is 2.37 bits per heavy atom. The van der Waals surface area contributed by atoms with Gasteiger partial charge in [0.05, 0.1) is 12.2 Å². The fourth-order valence-corrected chi connectivity index (χ4v) is 3.53. The summed E-state index contributed by atoms with van der Waals surface area (Å²) in [6, 6.07) is 13.4. The molecule has 0 N–H and O–H groups in total. The number of ether oxygens (including phenoxy) is 4. The van der Waals surface area contributed by atoms with Crippen LogP contribution in [0, 0.1) is 0 Å². The second kappa shape index (κ2) is 12.6. The molecule has 0 radical (unpaired) electrons. The molecule has 2 aromatic carbocycles. The van der Waals surface area contributed by atoms with Gasteiger partial charge in [0, 0.05) is 18.1 Å². The van der Waals surface area contributed by atoms with Crippen molar-refractivity contribution in [2.75, 3.05) is 6.61 Å². The van der Waals surface area contributed by atoms with Crippen molar-refractivity contribution in [3.05, 3.63) is 77.9 Å². The smallest absolute Gasteiger partial charge is 0.343 e. The van der Waals surface area contributed by atoms with Crippen LogP contribution >= 0.6 is 0 Å². The number of hydrogen-bond acceptors (Lipinski definition) is 7. The summed E-state index contributed by atoms with van der Waals surface area (Å²) in [7, 11) is 0. The van der Waals surface area contributed by atoms with E-state index in [1.54, 1.807) is 61.5 Å². The largest absolute Gasteiger partial charge is 0.487 e. The van der Waals surface area contributed by atoms with Crippen LogP contribution in [0.3, 0.4) is 0 Å². The summed E-state index contributed by atoms with van der Waals surface area (Å²) in [5.74, 6) is -0.335. The molecule has 0 saturated carbocycles. The zero-order valence-electron chi connectivity index (χ0n) is 20.0. The summed E-state index contributed by atoms with van der Waals surface area (Å²) in [6.45, 7) is 7.89. The average Bonchev–Trinajstić information content (AvgIpc) is 3.19. The van der Waals surface area contributed by atoms with Crippen LogP contribution in [0.25, 0.3) is 6.08 Å². The number of unbranched alkanes of at least 4 members (excludes halogenated alkanes) is 1. The van der Waals surface area contributed by atoms with Gasteiger partial charge < -0.3 is 18.9 Å². The van der Waals surface area contributed by atoms with Crippen molar-refractivity contribution in [2.45, 2.75) is 51.7 Å². The normalized spacial score (nSPS) is 16.1. The Kier molecular flexibility index (Phi) is 9.23. The van der Waals surface area contributed by atoms with Crippen LogP contribution in [0.15, 0.2) is 66.8 Å². The van der Waals surface area contributed by atoms with Crippen molar-refractivity contribution in [3.8, 4) is 11.5 Å². The molecule has 1 aliphatic rings. The molecule has 1 heterocycles. The van der Waals surface area contributed by atoms with Crippen LogP contribution in [0.1, 0.15) is 55.5 Å². The van der Waals surface area contributed by atoms with Gasteiger partial charge in [-0.25, -0.2) is 14.4 Å². The minimum atomic E-state index is -0.505. The first-order valence-electron chi connectivity index (χ1n) is 11.7. The third kappa shape index (κ3) is 7.57. The van der Waals surface area contributed by atoms with E-state index in [1.807, 2.05) is 0 Å². The lowest BCUT2D eigenvalue weighted by atomic mass is 10.0. The first-order valence-corrected chi connectivity index (χ1v) is 11.7. The summed E-state index contributed by atoms with van der Waals surface area (Å²) in [5, 5.41) is 0. The highest BCUT2D eigenvalue weighted by molar-refractivity contribution is 5.91. The minimum Gasteiger partial charge on any atom is -0.487 e. The first-order chi connectivity index (χ1) is 16.9. The minimum absolute atomic E-state index is 0.285. The molecular weight excluding hydrogens is 448 g/mol. The zero-order chi connectivity index (χ0) is 25.2. The van der Waals surface area contributed by atoms with E-state index >= 15 is 0 Å². The van der Waals surface area contributed by atoms with Crippen LogP contribution in [-0.4, -0.2) is 36.7 Å². The SMILES string of the molecule is C=C1CC(C(CCCC)Oc2ccc(C(=O)Oc3ccc(/C=C/C(=O)OCC)cc3)cc2)OC1=O. The Labute approximate surface area is 205 Å². The van der Waals surface area contributed by atoms with Crippen LogP contribution < -0.4 is 9.47 Å². The summed E-state index contributed by atoms with van der Waals surface area (Å²) in [5.41, 5.74) is 1.60. The third-order valence-corrected chi connectivity index (χ3v) is 5.42. The lowest BCUT2D eigenvalue weighted by Crippen LogP contribution is -2.31. The monoisotopic (exact) mass is 478 g/mol. The molecular formula is C28H30O7. The average molecular weight is 479 g/mol. The van der Waals surface area contributed by atoms with Crippen molar-refractivity contribution in [1.29, 1.82) is 0 Å². The summed E-state index contributed by atoms with van der Waals surface area (Å²) in [4.78, 5) is 35.7. The maximum Gasteiger partial charge on any atom is 0.343 e. The van der Waals surface area contributed by atoms with Gasteiger partial charge in [-0.3, -0.25) is 0 Å². The van der Waals surface area contributed by atoms with Crippen LogP contribution in [0.4, 0.5) is 0 Å². The van der Waals surface area contributed by atoms with Gasteiger partial charge in [0.2, 0.25) is 0 Å². The van der Waals surface area contributed by atoms with Gasteiger partial charge in [0.1, 0.15) is 23.7 Å². The van der Waals surface area contributed by atoms with E-state index in [0.717, 1.165) is 24.8 Å². The molecule has 2 unspecified atom stereocenters. The van der Waals surface area contributed by atoms with Crippen molar-refractivity contribution in [3.63, 3.8) is 0 Å². The molecule has 7 nitrogen and oxygen atoms in total. The quantitative estimate of drug-likeness (QED) is 0.246. The van der Waals surface area contributed by atoms with E-state index in [4.69, 9.17) is 18.9 Å². The molecule has 35 heavy (non-hydrogen) atoms.